The summed E-state index contributed by atoms with van der Waals surface area (Å²) >= 11 is 0. The zero-order valence-corrected chi connectivity index (χ0v) is 29.2. The van der Waals surface area contributed by atoms with Crippen molar-refractivity contribution in [3.05, 3.63) is 120 Å². The SMILES string of the molecule is CCNC(=O)[C@H]1O[C@@H](n2cnc3c(NCC(c4ccccc4)c4ccccc4)nc(C(=O)NCCNC(=O)NCCc4ccccc4)nc32)[C@H](O)[C@@H]1O. The first-order valence-electron chi connectivity index (χ1n) is 17.6. The highest BCUT2D eigenvalue weighted by Gasteiger charge is 2.47. The number of ether oxygens (including phenoxy) is 1. The molecule has 1 aliphatic heterocycles. The molecule has 0 bridgehead atoms. The molecule has 0 aliphatic carbocycles. The third-order valence-electron chi connectivity index (χ3n) is 8.86. The smallest absolute Gasteiger partial charge is 0.314 e. The number of aliphatic hydroxyl groups is 2. The molecular formula is C38H43N9O6. The summed E-state index contributed by atoms with van der Waals surface area (Å²) in [6.07, 6.45) is -3.56. The number of anilines is 1. The quantitative estimate of drug-likeness (QED) is 0.0785. The van der Waals surface area contributed by atoms with Gasteiger partial charge in [-0.1, -0.05) is 91.0 Å². The van der Waals surface area contributed by atoms with E-state index in [4.69, 9.17) is 4.74 Å². The van der Waals surface area contributed by atoms with Gasteiger partial charge in [-0.2, -0.15) is 0 Å². The molecule has 0 spiro atoms. The number of rotatable bonds is 15. The summed E-state index contributed by atoms with van der Waals surface area (Å²) in [5.41, 5.74) is 3.64. The molecule has 2 aromatic heterocycles. The van der Waals surface area contributed by atoms with Crippen molar-refractivity contribution in [2.24, 2.45) is 0 Å². The molecule has 5 aromatic rings. The van der Waals surface area contributed by atoms with Crippen LogP contribution < -0.4 is 26.6 Å². The van der Waals surface area contributed by atoms with E-state index >= 15 is 0 Å². The van der Waals surface area contributed by atoms with E-state index in [1.54, 1.807) is 6.92 Å². The van der Waals surface area contributed by atoms with Gasteiger partial charge in [-0.3, -0.25) is 14.2 Å². The summed E-state index contributed by atoms with van der Waals surface area (Å²) in [6, 6.07) is 29.4. The van der Waals surface area contributed by atoms with Gasteiger partial charge in [0.05, 0.1) is 6.33 Å². The number of aromatic nitrogens is 4. The largest absolute Gasteiger partial charge is 0.387 e. The fraction of sp³-hybridized carbons (Fsp3) is 0.316. The molecule has 3 heterocycles. The predicted molar refractivity (Wildman–Crippen MR) is 197 cm³/mol. The van der Waals surface area contributed by atoms with Gasteiger partial charge in [0.15, 0.2) is 29.3 Å². The minimum Gasteiger partial charge on any atom is -0.387 e. The van der Waals surface area contributed by atoms with Crippen LogP contribution in [0.1, 0.15) is 46.4 Å². The van der Waals surface area contributed by atoms with Crippen molar-refractivity contribution in [2.45, 2.75) is 43.8 Å². The molecule has 3 aromatic carbocycles. The number of likely N-dealkylation sites (N-methyl/N-ethyl adjacent to an activating group) is 1. The third kappa shape index (κ3) is 8.95. The lowest BCUT2D eigenvalue weighted by Gasteiger charge is -2.20. The van der Waals surface area contributed by atoms with Crippen molar-refractivity contribution in [1.82, 2.24) is 40.8 Å². The Hall–Kier alpha value is -5.90. The number of benzene rings is 3. The molecular weight excluding hydrogens is 678 g/mol. The lowest BCUT2D eigenvalue weighted by atomic mass is 9.91. The number of nitrogens with one attached hydrogen (secondary N) is 5. The monoisotopic (exact) mass is 721 g/mol. The fourth-order valence-corrected chi connectivity index (χ4v) is 6.16. The van der Waals surface area contributed by atoms with Crippen LogP contribution in [0.3, 0.4) is 0 Å². The molecule has 15 nitrogen and oxygen atoms in total. The van der Waals surface area contributed by atoms with Gasteiger partial charge in [0.2, 0.25) is 5.82 Å². The normalized spacial score (nSPS) is 18.1. The Morgan fingerprint density at radius 3 is 2.08 bits per heavy atom. The second-order valence-electron chi connectivity index (χ2n) is 12.5. The van der Waals surface area contributed by atoms with Gasteiger partial charge in [0.1, 0.15) is 12.2 Å². The molecule has 53 heavy (non-hydrogen) atoms. The number of hydrogen-bond donors (Lipinski definition) is 7. The second-order valence-corrected chi connectivity index (χ2v) is 12.5. The van der Waals surface area contributed by atoms with Crippen LogP contribution in [-0.2, 0) is 16.0 Å². The van der Waals surface area contributed by atoms with Crippen molar-refractivity contribution in [3.63, 3.8) is 0 Å². The van der Waals surface area contributed by atoms with E-state index in [0.29, 0.717) is 26.1 Å². The number of nitrogens with zero attached hydrogens (tertiary/aromatic N) is 4. The van der Waals surface area contributed by atoms with Crippen LogP contribution in [0, 0.1) is 0 Å². The maximum atomic E-state index is 13.5. The molecule has 4 atom stereocenters. The molecule has 1 aliphatic rings. The first-order chi connectivity index (χ1) is 25.8. The van der Waals surface area contributed by atoms with Gasteiger partial charge < -0.3 is 41.5 Å². The molecule has 276 valence electrons. The third-order valence-corrected chi connectivity index (χ3v) is 8.86. The number of hydrogen-bond acceptors (Lipinski definition) is 10. The molecule has 0 saturated carbocycles. The van der Waals surface area contributed by atoms with Gasteiger partial charge in [0, 0.05) is 38.6 Å². The Morgan fingerprint density at radius 2 is 1.42 bits per heavy atom. The Bertz CT molecular complexity index is 1940. The predicted octanol–water partition coefficient (Wildman–Crippen LogP) is 2.10. The van der Waals surface area contributed by atoms with Crippen LogP contribution in [0.15, 0.2) is 97.3 Å². The van der Waals surface area contributed by atoms with Gasteiger partial charge in [-0.25, -0.2) is 19.7 Å². The molecule has 0 unspecified atom stereocenters. The zero-order chi connectivity index (χ0) is 37.2. The summed E-state index contributed by atoms with van der Waals surface area (Å²) in [5.74, 6) is -1.25. The van der Waals surface area contributed by atoms with Crippen molar-refractivity contribution in [3.8, 4) is 0 Å². The minimum absolute atomic E-state index is 0.0866. The topological polar surface area (TPSA) is 205 Å². The summed E-state index contributed by atoms with van der Waals surface area (Å²) in [4.78, 5) is 51.9. The molecule has 15 heteroatoms. The van der Waals surface area contributed by atoms with E-state index < -0.39 is 36.4 Å². The number of carbonyl (C=O) groups is 3. The van der Waals surface area contributed by atoms with Gasteiger partial charge in [-0.15, -0.1) is 0 Å². The maximum absolute atomic E-state index is 13.5. The van der Waals surface area contributed by atoms with Crippen molar-refractivity contribution < 1.29 is 29.3 Å². The van der Waals surface area contributed by atoms with Crippen molar-refractivity contribution >= 4 is 34.8 Å². The van der Waals surface area contributed by atoms with Crippen LogP contribution >= 0.6 is 0 Å². The minimum atomic E-state index is -1.52. The van der Waals surface area contributed by atoms with E-state index in [2.05, 4.69) is 41.5 Å². The van der Waals surface area contributed by atoms with E-state index in [1.165, 1.54) is 10.9 Å². The van der Waals surface area contributed by atoms with Crippen molar-refractivity contribution in [1.29, 1.82) is 0 Å². The summed E-state index contributed by atoms with van der Waals surface area (Å²) < 4.78 is 7.22. The standard InChI is InChI=1S/C38H43N9O6/c1-2-39-35(50)31-29(48)30(49)37(53-31)47-23-44-28-32(43-22-27(25-14-8-4-9-15-25)26-16-10-5-11-17-26)45-33(46-34(28)47)36(51)40-20-21-42-38(52)41-19-18-24-12-6-3-7-13-24/h3-17,23,27,29-31,37,48-49H,2,18-22H2,1H3,(H,39,50)(H,40,51)(H2,41,42,52)(H,43,45,46)/t29-,30+,31-,37+/m0/s1. The second kappa shape index (κ2) is 17.5. The number of amides is 4. The first-order valence-corrected chi connectivity index (χ1v) is 17.6. The Morgan fingerprint density at radius 1 is 0.792 bits per heavy atom. The van der Waals surface area contributed by atoms with Crippen LogP contribution in [0.25, 0.3) is 11.2 Å². The number of imidazole rings is 1. The van der Waals surface area contributed by atoms with Gasteiger partial charge >= 0.3 is 6.03 Å². The average molecular weight is 722 g/mol. The Balaban J connectivity index is 1.21. The van der Waals surface area contributed by atoms with Gasteiger partial charge in [-0.05, 0) is 30.0 Å². The van der Waals surface area contributed by atoms with Crippen LogP contribution in [0.4, 0.5) is 10.6 Å². The van der Waals surface area contributed by atoms with Crippen LogP contribution in [0.5, 0.6) is 0 Å². The molecule has 6 rings (SSSR count). The molecule has 1 fully saturated rings. The number of aliphatic hydroxyl groups excluding tert-OH is 2. The fourth-order valence-electron chi connectivity index (χ4n) is 6.16. The number of carbonyl (C=O) groups excluding carboxylic acids is 3. The summed E-state index contributed by atoms with van der Waals surface area (Å²) in [5, 5.41) is 35.9. The van der Waals surface area contributed by atoms with Crippen molar-refractivity contribution in [2.75, 3.05) is 38.0 Å². The van der Waals surface area contributed by atoms with E-state index in [9.17, 15) is 24.6 Å². The number of urea groups is 1. The van der Waals surface area contributed by atoms with E-state index in [-0.39, 0.29) is 47.8 Å². The Labute approximate surface area is 306 Å². The lowest BCUT2D eigenvalue weighted by Crippen LogP contribution is -2.42. The maximum Gasteiger partial charge on any atom is 0.314 e. The molecule has 0 radical (unpaired) electrons. The number of fused-ring (bicyclic) bond motifs is 1. The van der Waals surface area contributed by atoms with E-state index in [1.807, 2.05) is 91.0 Å². The lowest BCUT2D eigenvalue weighted by molar-refractivity contribution is -0.137. The van der Waals surface area contributed by atoms with Crippen LogP contribution in [0.2, 0.25) is 0 Å². The average Bonchev–Trinajstić information content (AvgIpc) is 3.74. The molecule has 4 amide bonds. The highest BCUT2D eigenvalue weighted by molar-refractivity contribution is 5.94. The molecule has 7 N–H and O–H groups in total. The highest BCUT2D eigenvalue weighted by atomic mass is 16.6. The highest BCUT2D eigenvalue weighted by Crippen LogP contribution is 2.33. The summed E-state index contributed by atoms with van der Waals surface area (Å²) in [7, 11) is 0. The Kier molecular flexibility index (Phi) is 12.2. The molecule has 1 saturated heterocycles. The van der Waals surface area contributed by atoms with E-state index in [0.717, 1.165) is 16.7 Å². The first kappa shape index (κ1) is 36.9. The van der Waals surface area contributed by atoms with Gasteiger partial charge in [0.25, 0.3) is 11.8 Å². The zero-order valence-electron chi connectivity index (χ0n) is 29.2. The summed E-state index contributed by atoms with van der Waals surface area (Å²) in [6.45, 7) is 3.09. The van der Waals surface area contributed by atoms with Crippen LogP contribution in [-0.4, -0.2) is 98.6 Å².